The lowest BCUT2D eigenvalue weighted by molar-refractivity contribution is -0.137. The molecule has 7 amide bonds. The van der Waals surface area contributed by atoms with Crippen LogP contribution in [0.25, 0.3) is 10.9 Å². The molecule has 3 aromatic rings. The first kappa shape index (κ1) is 52.5. The minimum absolute atomic E-state index is 0.0171. The van der Waals surface area contributed by atoms with Gasteiger partial charge >= 0.3 is 18.1 Å². The Morgan fingerprint density at radius 1 is 0.944 bits per heavy atom. The third-order valence-corrected chi connectivity index (χ3v) is 13.9. The molecular formula is C51H63FN8O12. The number of ketones is 1. The number of imide groups is 1. The summed E-state index contributed by atoms with van der Waals surface area (Å²) in [5, 5.41) is 17.8. The predicted molar refractivity (Wildman–Crippen MR) is 262 cm³/mol. The lowest BCUT2D eigenvalue weighted by atomic mass is 9.89. The number of aromatic nitrogens is 1. The first-order valence-electron chi connectivity index (χ1n) is 24.6. The summed E-state index contributed by atoms with van der Waals surface area (Å²) >= 11 is 0. The fourth-order valence-electron chi connectivity index (χ4n) is 9.97. The zero-order valence-corrected chi connectivity index (χ0v) is 40.8. The number of carboxylic acids is 1. The van der Waals surface area contributed by atoms with E-state index in [2.05, 4.69) is 16.0 Å². The van der Waals surface area contributed by atoms with Crippen molar-refractivity contribution < 1.29 is 57.3 Å². The number of carbonyl (C=O) groups excluding carboxylic acids is 7. The minimum atomic E-state index is -1.39. The van der Waals surface area contributed by atoms with E-state index in [0.29, 0.717) is 62.0 Å². The SMILES string of the molecule is COc1c(N2C[C@@H]3CCCN(C(=O)OCc4ccc(NC(=O)[C@H](CCCNC(N)=O)CC(=O)[C@@H](NC(=O)CCCCCN5C(=O)C=CC5=O)C(C)C)cc4)[C@@H]3C2)c(F)cc2c(=O)c(C(=O)O)cn(C3CC3)c12. The topological polar surface area (TPSA) is 269 Å². The summed E-state index contributed by atoms with van der Waals surface area (Å²) in [5.41, 5.74) is 5.52. The number of nitrogens with one attached hydrogen (secondary N) is 3. The lowest BCUT2D eigenvalue weighted by Gasteiger charge is -2.35. The average Bonchev–Trinajstić information content (AvgIpc) is 4.02. The Morgan fingerprint density at radius 3 is 2.32 bits per heavy atom. The second kappa shape index (κ2) is 23.3. The number of benzene rings is 2. The van der Waals surface area contributed by atoms with Crippen molar-refractivity contribution in [3.63, 3.8) is 0 Å². The molecule has 20 nitrogen and oxygen atoms in total. The number of Topliss-reactive ketones (excluding diaryl/α,β-unsaturated/α-hetero) is 1. The number of carbonyl (C=O) groups is 8. The maximum Gasteiger partial charge on any atom is 0.410 e. The number of nitrogens with zero attached hydrogens (tertiary/aromatic N) is 4. The number of amides is 7. The summed E-state index contributed by atoms with van der Waals surface area (Å²) in [6.07, 6.45) is 8.34. The molecule has 4 atom stereocenters. The van der Waals surface area contributed by atoms with E-state index in [4.69, 9.17) is 15.2 Å². The van der Waals surface area contributed by atoms with Gasteiger partial charge in [0, 0.05) is 81.6 Å². The molecule has 386 valence electrons. The van der Waals surface area contributed by atoms with Gasteiger partial charge in [-0.2, -0.15) is 0 Å². The molecule has 6 N–H and O–H groups in total. The van der Waals surface area contributed by atoms with Crippen LogP contribution in [0.3, 0.4) is 0 Å². The highest BCUT2D eigenvalue weighted by molar-refractivity contribution is 6.12. The number of nitrogens with two attached hydrogens (primary N) is 1. The smallest absolute Gasteiger partial charge is 0.410 e. The summed E-state index contributed by atoms with van der Waals surface area (Å²) in [5.74, 6) is -4.96. The van der Waals surface area contributed by atoms with Gasteiger partial charge in [-0.25, -0.2) is 18.8 Å². The first-order valence-corrected chi connectivity index (χ1v) is 24.6. The number of hydrogen-bond acceptors (Lipinski definition) is 12. The van der Waals surface area contributed by atoms with Crippen molar-refractivity contribution in [2.24, 2.45) is 23.5 Å². The highest BCUT2D eigenvalue weighted by Gasteiger charge is 2.44. The molecule has 1 aromatic heterocycles. The van der Waals surface area contributed by atoms with Crippen molar-refractivity contribution >= 4 is 69.8 Å². The van der Waals surface area contributed by atoms with E-state index in [1.165, 1.54) is 25.5 Å². The van der Waals surface area contributed by atoms with E-state index in [9.17, 15) is 48.3 Å². The van der Waals surface area contributed by atoms with Crippen LogP contribution >= 0.6 is 0 Å². The van der Waals surface area contributed by atoms with Gasteiger partial charge in [-0.05, 0) is 87.0 Å². The zero-order valence-electron chi connectivity index (χ0n) is 40.8. The van der Waals surface area contributed by atoms with E-state index < -0.39 is 52.8 Å². The Bertz CT molecular complexity index is 2670. The van der Waals surface area contributed by atoms with Crippen LogP contribution in [-0.2, 0) is 35.3 Å². The Labute approximate surface area is 415 Å². The molecule has 72 heavy (non-hydrogen) atoms. The zero-order chi connectivity index (χ0) is 51.8. The van der Waals surface area contributed by atoms with Crippen LogP contribution in [0.4, 0.5) is 25.4 Å². The number of primary amides is 1. The predicted octanol–water partition coefficient (Wildman–Crippen LogP) is 5.01. The fourth-order valence-corrected chi connectivity index (χ4v) is 9.97. The number of hydrogen-bond donors (Lipinski definition) is 5. The molecule has 1 saturated carbocycles. The van der Waals surface area contributed by atoms with Crippen LogP contribution in [0.1, 0.15) is 106 Å². The number of carboxylic acid groups (broad SMARTS) is 1. The van der Waals surface area contributed by atoms with Crippen molar-refractivity contribution in [2.45, 2.75) is 109 Å². The van der Waals surface area contributed by atoms with Crippen molar-refractivity contribution in [3.05, 3.63) is 75.8 Å². The third kappa shape index (κ3) is 12.4. The molecule has 4 aliphatic rings. The van der Waals surface area contributed by atoms with E-state index in [1.807, 2.05) is 4.90 Å². The monoisotopic (exact) mass is 998 g/mol. The number of anilines is 2. The number of methoxy groups -OCH3 is 1. The maximum absolute atomic E-state index is 16.2. The lowest BCUT2D eigenvalue weighted by Crippen LogP contribution is -2.48. The van der Waals surface area contributed by atoms with Crippen LogP contribution in [0.5, 0.6) is 5.75 Å². The van der Waals surface area contributed by atoms with Crippen LogP contribution < -0.4 is 36.7 Å². The third-order valence-electron chi connectivity index (χ3n) is 13.9. The summed E-state index contributed by atoms with van der Waals surface area (Å²) in [6, 6.07) is 5.80. The highest BCUT2D eigenvalue weighted by Crippen LogP contribution is 2.46. The normalized spacial score (nSPS) is 18.3. The molecule has 7 rings (SSSR count). The largest absolute Gasteiger partial charge is 0.492 e. The Morgan fingerprint density at radius 2 is 1.67 bits per heavy atom. The minimum Gasteiger partial charge on any atom is -0.492 e. The van der Waals surface area contributed by atoms with E-state index in [1.54, 1.807) is 47.6 Å². The quantitative estimate of drug-likeness (QED) is 0.0619. The summed E-state index contributed by atoms with van der Waals surface area (Å²) in [6.45, 7) is 5.04. The number of likely N-dealkylation sites (tertiary alicyclic amines) is 1. The number of urea groups is 1. The van der Waals surface area contributed by atoms with Crippen molar-refractivity contribution in [1.29, 1.82) is 0 Å². The maximum atomic E-state index is 16.2. The van der Waals surface area contributed by atoms with Gasteiger partial charge in [-0.15, -0.1) is 0 Å². The summed E-state index contributed by atoms with van der Waals surface area (Å²) in [4.78, 5) is 119. The molecule has 2 saturated heterocycles. The van der Waals surface area contributed by atoms with Crippen molar-refractivity contribution in [1.82, 2.24) is 25.0 Å². The van der Waals surface area contributed by atoms with E-state index >= 15 is 4.39 Å². The molecule has 0 radical (unpaired) electrons. The second-order valence-corrected chi connectivity index (χ2v) is 19.3. The molecule has 0 unspecified atom stereocenters. The molecular weight excluding hydrogens is 936 g/mol. The number of fused-ring (bicyclic) bond motifs is 2. The fraction of sp³-hybridized carbons (Fsp3) is 0.510. The highest BCUT2D eigenvalue weighted by atomic mass is 19.1. The summed E-state index contributed by atoms with van der Waals surface area (Å²) in [7, 11) is 1.39. The van der Waals surface area contributed by atoms with Gasteiger partial charge in [0.05, 0.1) is 30.1 Å². The number of unbranched alkanes of at least 4 members (excludes halogenated alkanes) is 2. The van der Waals surface area contributed by atoms with Gasteiger partial charge in [0.1, 0.15) is 17.9 Å². The van der Waals surface area contributed by atoms with Gasteiger partial charge in [0.2, 0.25) is 17.2 Å². The van der Waals surface area contributed by atoms with Crippen LogP contribution in [0.2, 0.25) is 0 Å². The van der Waals surface area contributed by atoms with Gasteiger partial charge in [-0.3, -0.25) is 33.7 Å². The van der Waals surface area contributed by atoms with Crippen LogP contribution in [0, 0.1) is 23.6 Å². The van der Waals surface area contributed by atoms with Crippen LogP contribution in [0.15, 0.2) is 53.5 Å². The number of ether oxygens (including phenoxy) is 2. The van der Waals surface area contributed by atoms with Crippen molar-refractivity contribution in [2.75, 3.05) is 50.1 Å². The number of pyridine rings is 1. The summed E-state index contributed by atoms with van der Waals surface area (Å²) < 4.78 is 29.5. The number of aromatic carboxylic acids is 1. The number of rotatable bonds is 23. The van der Waals surface area contributed by atoms with E-state index in [0.717, 1.165) is 30.2 Å². The second-order valence-electron chi connectivity index (χ2n) is 19.3. The van der Waals surface area contributed by atoms with Gasteiger partial charge in [0.15, 0.2) is 17.3 Å². The molecule has 3 fully saturated rings. The Balaban J connectivity index is 0.938. The Kier molecular flexibility index (Phi) is 17.0. The first-order chi connectivity index (χ1) is 34.4. The average molecular weight is 999 g/mol. The van der Waals surface area contributed by atoms with Gasteiger partial charge in [-0.1, -0.05) is 32.4 Å². The standard InChI is InChI=1S/C51H63FN8O12/c1-29(2)43(56-40(62)11-5-4-6-21-59-41(63)18-19-42(59)64)39(61)23-31(9-7-20-54-50(53)69)48(66)55-33-14-12-30(13-15-33)28-72-51(70)58-22-8-10-32-25-57(27-38(32)58)45-37(52)24-35-44(47(45)71-3)60(34-16-17-34)26-36(46(35)65)49(67)68/h12-15,18-19,24,26,29,31-32,34,38,43H,4-11,16-17,20-23,25,27-28H2,1-3H3,(H,55,66)(H,56,62)(H,67,68)(H3,53,54,69)/t31-,32+,38-,43+/m1/s1. The molecule has 21 heteroatoms. The Hall–Kier alpha value is -7.32. The molecule has 4 heterocycles. The molecule has 3 aliphatic heterocycles. The molecule has 2 aromatic carbocycles. The van der Waals surface area contributed by atoms with Gasteiger partial charge in [0.25, 0.3) is 11.8 Å². The van der Waals surface area contributed by atoms with E-state index in [-0.39, 0.29) is 110 Å². The van der Waals surface area contributed by atoms with Gasteiger partial charge < -0.3 is 50.6 Å². The molecule has 1 aliphatic carbocycles. The number of piperidine rings is 1. The molecule has 0 spiro atoms. The number of halogens is 1. The van der Waals surface area contributed by atoms with Crippen molar-refractivity contribution in [3.8, 4) is 5.75 Å². The van der Waals surface area contributed by atoms with Crippen LogP contribution in [-0.4, -0.2) is 119 Å². The molecule has 0 bridgehead atoms.